The highest BCUT2D eigenvalue weighted by Crippen LogP contribution is 2.12. The third kappa shape index (κ3) is 10.3. The van der Waals surface area contributed by atoms with Crippen molar-refractivity contribution < 1.29 is 4.74 Å². The number of guanidine groups is 1. The number of nitrogens with zero attached hydrogens (tertiary/aromatic N) is 3. The van der Waals surface area contributed by atoms with Gasteiger partial charge in [-0.2, -0.15) is 0 Å². The minimum atomic E-state index is 0. The quantitative estimate of drug-likeness (QED) is 0.216. The van der Waals surface area contributed by atoms with Gasteiger partial charge in [-0.1, -0.05) is 13.8 Å². The van der Waals surface area contributed by atoms with Gasteiger partial charge in [0.05, 0.1) is 13.2 Å². The Morgan fingerprint density at radius 2 is 1.77 bits per heavy atom. The van der Waals surface area contributed by atoms with Crippen LogP contribution in [0.1, 0.15) is 40.5 Å². The molecule has 0 bridgehead atoms. The summed E-state index contributed by atoms with van der Waals surface area (Å²) in [7, 11) is 4.04. The fourth-order valence-corrected chi connectivity index (χ4v) is 3.07. The Labute approximate surface area is 178 Å². The van der Waals surface area contributed by atoms with Crippen LogP contribution in [0.3, 0.4) is 0 Å². The molecule has 6 nitrogen and oxygen atoms in total. The first-order chi connectivity index (χ1) is 12.0. The van der Waals surface area contributed by atoms with Crippen molar-refractivity contribution in [3.05, 3.63) is 0 Å². The van der Waals surface area contributed by atoms with Crippen LogP contribution >= 0.6 is 24.0 Å². The van der Waals surface area contributed by atoms with Gasteiger partial charge >= 0.3 is 0 Å². The van der Waals surface area contributed by atoms with Crippen molar-refractivity contribution in [2.45, 2.75) is 52.6 Å². The summed E-state index contributed by atoms with van der Waals surface area (Å²) in [6, 6.07) is 1.14. The number of aliphatic imine (C=N–C) groups is 1. The second kappa shape index (κ2) is 14.9. The summed E-state index contributed by atoms with van der Waals surface area (Å²) in [6.45, 7) is 15.9. The van der Waals surface area contributed by atoms with Crippen LogP contribution in [0.15, 0.2) is 4.99 Å². The van der Waals surface area contributed by atoms with Crippen LogP contribution < -0.4 is 10.6 Å². The standard InChI is InChI=1S/C19H41N5O.HI/c1-16(2)18(24-11-13-25-14-12-24)15-22-19(20-5)21-9-7-8-10-23(6)17(3)4;/h16-18H,7-15H2,1-6H3,(H2,20,21,22);1H. The van der Waals surface area contributed by atoms with Gasteiger partial charge < -0.3 is 20.3 Å². The zero-order chi connectivity index (χ0) is 18.7. The lowest BCUT2D eigenvalue weighted by Gasteiger charge is -2.37. The van der Waals surface area contributed by atoms with Gasteiger partial charge in [-0.25, -0.2) is 0 Å². The Kier molecular flexibility index (Phi) is 14.8. The van der Waals surface area contributed by atoms with E-state index in [1.807, 2.05) is 7.05 Å². The fraction of sp³-hybridized carbons (Fsp3) is 0.947. The predicted molar refractivity (Wildman–Crippen MR) is 123 cm³/mol. The summed E-state index contributed by atoms with van der Waals surface area (Å²) >= 11 is 0. The van der Waals surface area contributed by atoms with Crippen LogP contribution in [0.25, 0.3) is 0 Å². The van der Waals surface area contributed by atoms with E-state index in [2.05, 4.69) is 60.2 Å². The molecule has 0 aromatic heterocycles. The third-order valence-electron chi connectivity index (χ3n) is 5.10. The Hall–Kier alpha value is -0.120. The lowest BCUT2D eigenvalue weighted by atomic mass is 10.0. The smallest absolute Gasteiger partial charge is 0.191 e. The van der Waals surface area contributed by atoms with E-state index in [1.165, 1.54) is 6.42 Å². The maximum Gasteiger partial charge on any atom is 0.191 e. The van der Waals surface area contributed by atoms with Crippen LogP contribution in [-0.4, -0.2) is 87.9 Å². The van der Waals surface area contributed by atoms with Crippen LogP contribution in [0, 0.1) is 5.92 Å². The van der Waals surface area contributed by atoms with Gasteiger partial charge in [0.2, 0.25) is 0 Å². The summed E-state index contributed by atoms with van der Waals surface area (Å²) < 4.78 is 5.48. The topological polar surface area (TPSA) is 52.1 Å². The molecule has 7 heteroatoms. The number of hydrogen-bond donors (Lipinski definition) is 2. The number of rotatable bonds is 10. The van der Waals surface area contributed by atoms with E-state index in [1.54, 1.807) is 0 Å². The van der Waals surface area contributed by atoms with Crippen LogP contribution in [0.2, 0.25) is 0 Å². The van der Waals surface area contributed by atoms with Crippen LogP contribution in [0.4, 0.5) is 0 Å². The molecular formula is C19H42IN5O. The van der Waals surface area contributed by atoms with Crippen molar-refractivity contribution in [3.8, 4) is 0 Å². The molecule has 0 amide bonds. The Bertz CT molecular complexity index is 373. The average Bonchev–Trinajstić information content (AvgIpc) is 2.60. The number of morpholine rings is 1. The molecule has 1 atom stereocenters. The van der Waals surface area contributed by atoms with Crippen molar-refractivity contribution in [2.75, 3.05) is 60.0 Å². The lowest BCUT2D eigenvalue weighted by molar-refractivity contribution is 0.00752. The molecule has 0 spiro atoms. The van der Waals surface area contributed by atoms with Gasteiger partial charge in [-0.15, -0.1) is 24.0 Å². The summed E-state index contributed by atoms with van der Waals surface area (Å²) in [4.78, 5) is 9.30. The highest BCUT2D eigenvalue weighted by molar-refractivity contribution is 14.0. The van der Waals surface area contributed by atoms with Crippen molar-refractivity contribution in [1.82, 2.24) is 20.4 Å². The minimum absolute atomic E-state index is 0. The molecule has 156 valence electrons. The molecule has 0 radical (unpaired) electrons. The molecule has 0 aromatic rings. The van der Waals surface area contributed by atoms with E-state index in [0.29, 0.717) is 18.0 Å². The van der Waals surface area contributed by atoms with Crippen molar-refractivity contribution >= 4 is 29.9 Å². The van der Waals surface area contributed by atoms with Gasteiger partial charge in [0, 0.05) is 45.3 Å². The molecule has 1 fully saturated rings. The summed E-state index contributed by atoms with van der Waals surface area (Å²) in [6.07, 6.45) is 2.37. The van der Waals surface area contributed by atoms with E-state index in [-0.39, 0.29) is 24.0 Å². The maximum absolute atomic E-state index is 5.48. The summed E-state index contributed by atoms with van der Waals surface area (Å²) in [5.41, 5.74) is 0. The number of hydrogen-bond acceptors (Lipinski definition) is 4. The third-order valence-corrected chi connectivity index (χ3v) is 5.10. The normalized spacial score (nSPS) is 17.5. The molecule has 1 rings (SSSR count). The van der Waals surface area contributed by atoms with Gasteiger partial charge in [-0.3, -0.25) is 9.89 Å². The number of ether oxygens (including phenoxy) is 1. The molecule has 2 N–H and O–H groups in total. The zero-order valence-electron chi connectivity index (χ0n) is 17.8. The first kappa shape index (κ1) is 25.9. The molecule has 0 saturated carbocycles. The Morgan fingerprint density at radius 3 is 2.31 bits per heavy atom. The zero-order valence-corrected chi connectivity index (χ0v) is 20.1. The van der Waals surface area contributed by atoms with E-state index < -0.39 is 0 Å². The summed E-state index contributed by atoms with van der Waals surface area (Å²) in [5, 5.41) is 6.96. The molecule has 0 aromatic carbocycles. The lowest BCUT2D eigenvalue weighted by Crippen LogP contribution is -2.52. The Morgan fingerprint density at radius 1 is 1.12 bits per heavy atom. The molecule has 1 saturated heterocycles. The van der Waals surface area contributed by atoms with Crippen molar-refractivity contribution in [2.24, 2.45) is 10.9 Å². The molecule has 1 aliphatic heterocycles. The van der Waals surface area contributed by atoms with Crippen molar-refractivity contribution in [1.29, 1.82) is 0 Å². The highest BCUT2D eigenvalue weighted by atomic mass is 127. The van der Waals surface area contributed by atoms with E-state index in [0.717, 1.165) is 58.3 Å². The second-order valence-electron chi connectivity index (χ2n) is 7.62. The molecule has 26 heavy (non-hydrogen) atoms. The minimum Gasteiger partial charge on any atom is -0.379 e. The Balaban J connectivity index is 0.00000625. The van der Waals surface area contributed by atoms with Crippen LogP contribution in [0.5, 0.6) is 0 Å². The number of unbranched alkanes of at least 4 members (excludes halogenated alkanes) is 1. The molecule has 1 aliphatic rings. The summed E-state index contributed by atoms with van der Waals surface area (Å²) in [5.74, 6) is 1.52. The van der Waals surface area contributed by atoms with E-state index in [4.69, 9.17) is 4.74 Å². The SMILES string of the molecule is CN=C(NCCCCN(C)C(C)C)NCC(C(C)C)N1CCOCC1.I. The molecule has 0 aliphatic carbocycles. The van der Waals surface area contributed by atoms with Crippen molar-refractivity contribution in [3.63, 3.8) is 0 Å². The number of halogens is 1. The monoisotopic (exact) mass is 483 g/mol. The van der Waals surface area contributed by atoms with Crippen LogP contribution in [-0.2, 0) is 4.74 Å². The largest absolute Gasteiger partial charge is 0.379 e. The molecule has 1 unspecified atom stereocenters. The van der Waals surface area contributed by atoms with Gasteiger partial charge in [0.25, 0.3) is 0 Å². The first-order valence-electron chi connectivity index (χ1n) is 9.92. The van der Waals surface area contributed by atoms with Gasteiger partial charge in [-0.05, 0) is 46.2 Å². The molecular weight excluding hydrogens is 441 g/mol. The van der Waals surface area contributed by atoms with E-state index >= 15 is 0 Å². The average molecular weight is 483 g/mol. The number of nitrogens with one attached hydrogen (secondary N) is 2. The predicted octanol–water partition coefficient (Wildman–Crippen LogP) is 2.25. The van der Waals surface area contributed by atoms with Gasteiger partial charge in [0.1, 0.15) is 0 Å². The van der Waals surface area contributed by atoms with Gasteiger partial charge in [0.15, 0.2) is 5.96 Å². The molecule has 1 heterocycles. The maximum atomic E-state index is 5.48. The first-order valence-corrected chi connectivity index (χ1v) is 9.92. The van der Waals surface area contributed by atoms with E-state index in [9.17, 15) is 0 Å². The highest BCUT2D eigenvalue weighted by Gasteiger charge is 2.23. The second-order valence-corrected chi connectivity index (χ2v) is 7.62. The fourth-order valence-electron chi connectivity index (χ4n) is 3.07.